The van der Waals surface area contributed by atoms with Crippen molar-refractivity contribution in [1.82, 2.24) is 24.9 Å². The molecule has 0 amide bonds. The summed E-state index contributed by atoms with van der Waals surface area (Å²) in [4.78, 5) is 11.5. The van der Waals surface area contributed by atoms with E-state index in [2.05, 4.69) is 48.4 Å². The van der Waals surface area contributed by atoms with E-state index in [9.17, 15) is 0 Å². The van der Waals surface area contributed by atoms with E-state index in [0.717, 1.165) is 47.2 Å². The summed E-state index contributed by atoms with van der Waals surface area (Å²) in [6.07, 6.45) is 7.87. The summed E-state index contributed by atoms with van der Waals surface area (Å²) < 4.78 is 3.07. The van der Waals surface area contributed by atoms with Gasteiger partial charge in [0.05, 0.1) is 12.2 Å². The van der Waals surface area contributed by atoms with Crippen molar-refractivity contribution in [2.45, 2.75) is 32.7 Å². The van der Waals surface area contributed by atoms with Gasteiger partial charge in [-0.2, -0.15) is 0 Å². The number of aliphatic imine (C=N–C) groups is 1. The number of halogens is 1. The van der Waals surface area contributed by atoms with Gasteiger partial charge in [-0.05, 0) is 72.9 Å². The van der Waals surface area contributed by atoms with Gasteiger partial charge in [0, 0.05) is 30.5 Å². The third-order valence-corrected chi connectivity index (χ3v) is 5.41. The van der Waals surface area contributed by atoms with Crippen LogP contribution >= 0.6 is 15.9 Å². The van der Waals surface area contributed by atoms with Crippen LogP contribution in [-0.2, 0) is 6.54 Å². The minimum Gasteiger partial charge on any atom is -0.356 e. The predicted molar refractivity (Wildman–Crippen MR) is 111 cm³/mol. The van der Waals surface area contributed by atoms with Crippen LogP contribution in [0.1, 0.15) is 31.9 Å². The van der Waals surface area contributed by atoms with E-state index in [4.69, 9.17) is 0 Å². The summed E-state index contributed by atoms with van der Waals surface area (Å²) >= 11 is 3.49. The second-order valence-corrected chi connectivity index (χ2v) is 7.99. The van der Waals surface area contributed by atoms with Crippen LogP contribution < -0.4 is 10.6 Å². The summed E-state index contributed by atoms with van der Waals surface area (Å²) in [5, 5.41) is 6.74. The molecule has 3 heterocycles. The Bertz CT molecular complexity index is 733. The Morgan fingerprint density at radius 2 is 2.08 bits per heavy atom. The SMILES string of the molecule is CN=C(NCCCN1CCC(C)CC1)NCc1cn2cc(Br)ccc2n1. The largest absolute Gasteiger partial charge is 0.356 e. The van der Waals surface area contributed by atoms with Crippen LogP contribution in [0, 0.1) is 5.92 Å². The topological polar surface area (TPSA) is 57.0 Å². The molecule has 7 heteroatoms. The highest BCUT2D eigenvalue weighted by Crippen LogP contribution is 2.15. The standard InChI is InChI=1S/C19H29BrN6/c1-15-6-10-25(11-7-15)9-3-8-22-19(21-2)23-12-17-14-26-13-16(20)4-5-18(26)24-17/h4-5,13-15H,3,6-12H2,1-2H3,(H2,21,22,23). The van der Waals surface area contributed by atoms with Gasteiger partial charge in [-0.1, -0.05) is 6.92 Å². The highest BCUT2D eigenvalue weighted by atomic mass is 79.9. The van der Waals surface area contributed by atoms with Crippen LogP contribution in [0.4, 0.5) is 0 Å². The van der Waals surface area contributed by atoms with E-state index in [1.165, 1.54) is 25.9 Å². The van der Waals surface area contributed by atoms with Crippen molar-refractivity contribution < 1.29 is 0 Å². The lowest BCUT2D eigenvalue weighted by Crippen LogP contribution is -2.39. The van der Waals surface area contributed by atoms with E-state index in [0.29, 0.717) is 6.54 Å². The van der Waals surface area contributed by atoms with Gasteiger partial charge < -0.3 is 19.9 Å². The minimum absolute atomic E-state index is 0.656. The number of piperidine rings is 1. The lowest BCUT2D eigenvalue weighted by Gasteiger charge is -2.30. The number of imidazole rings is 1. The molecule has 1 aliphatic heterocycles. The molecule has 0 aliphatic carbocycles. The van der Waals surface area contributed by atoms with E-state index in [1.807, 2.05) is 36.0 Å². The second-order valence-electron chi connectivity index (χ2n) is 7.08. The van der Waals surface area contributed by atoms with Crippen LogP contribution in [0.3, 0.4) is 0 Å². The van der Waals surface area contributed by atoms with Gasteiger partial charge in [-0.3, -0.25) is 4.99 Å². The molecule has 142 valence electrons. The van der Waals surface area contributed by atoms with E-state index in [-0.39, 0.29) is 0 Å². The van der Waals surface area contributed by atoms with Gasteiger partial charge in [-0.25, -0.2) is 4.98 Å². The van der Waals surface area contributed by atoms with E-state index < -0.39 is 0 Å². The maximum Gasteiger partial charge on any atom is 0.191 e. The fourth-order valence-electron chi connectivity index (χ4n) is 3.29. The summed E-state index contributed by atoms with van der Waals surface area (Å²) in [5.41, 5.74) is 1.94. The number of pyridine rings is 1. The van der Waals surface area contributed by atoms with Crippen molar-refractivity contribution in [1.29, 1.82) is 0 Å². The molecule has 1 fully saturated rings. The van der Waals surface area contributed by atoms with Crippen LogP contribution in [0.5, 0.6) is 0 Å². The summed E-state index contributed by atoms with van der Waals surface area (Å²) in [5.74, 6) is 1.73. The Balaban J connectivity index is 1.38. The highest BCUT2D eigenvalue weighted by molar-refractivity contribution is 9.10. The van der Waals surface area contributed by atoms with Crippen LogP contribution in [0.15, 0.2) is 34.0 Å². The zero-order chi connectivity index (χ0) is 18.4. The number of guanidine groups is 1. The number of aromatic nitrogens is 2. The number of rotatable bonds is 6. The Hall–Kier alpha value is -1.60. The molecule has 0 unspecified atom stereocenters. The third kappa shape index (κ3) is 5.45. The summed E-state index contributed by atoms with van der Waals surface area (Å²) in [6, 6.07) is 4.00. The maximum atomic E-state index is 4.61. The average Bonchev–Trinajstić information content (AvgIpc) is 3.04. The number of nitrogens with one attached hydrogen (secondary N) is 2. The molecule has 2 N–H and O–H groups in total. The molecule has 2 aromatic rings. The lowest BCUT2D eigenvalue weighted by atomic mass is 9.99. The molecule has 0 spiro atoms. The molecule has 1 aliphatic rings. The van der Waals surface area contributed by atoms with Crippen LogP contribution in [0.25, 0.3) is 5.65 Å². The molecule has 2 aromatic heterocycles. The normalized spacial score (nSPS) is 17.0. The lowest BCUT2D eigenvalue weighted by molar-refractivity contribution is 0.191. The van der Waals surface area contributed by atoms with Crippen molar-refractivity contribution >= 4 is 27.5 Å². The first kappa shape index (κ1) is 19.2. The number of hydrogen-bond acceptors (Lipinski definition) is 3. The summed E-state index contributed by atoms with van der Waals surface area (Å²) in [7, 11) is 1.81. The summed E-state index contributed by atoms with van der Waals surface area (Å²) in [6.45, 7) is 7.61. The van der Waals surface area contributed by atoms with E-state index in [1.54, 1.807) is 0 Å². The predicted octanol–water partition coefficient (Wildman–Crippen LogP) is 2.88. The molecule has 1 saturated heterocycles. The van der Waals surface area contributed by atoms with Crippen LogP contribution in [0.2, 0.25) is 0 Å². The number of nitrogens with zero attached hydrogens (tertiary/aromatic N) is 4. The molecule has 3 rings (SSSR count). The Kier molecular flexibility index (Phi) is 6.91. The van der Waals surface area contributed by atoms with Crippen molar-refractivity contribution in [2.24, 2.45) is 10.9 Å². The quantitative estimate of drug-likeness (QED) is 0.428. The highest BCUT2D eigenvalue weighted by Gasteiger charge is 2.14. The van der Waals surface area contributed by atoms with E-state index >= 15 is 0 Å². The molecular formula is C19H29BrN6. The Morgan fingerprint density at radius 1 is 1.27 bits per heavy atom. The van der Waals surface area contributed by atoms with Crippen molar-refractivity contribution in [3.63, 3.8) is 0 Å². The smallest absolute Gasteiger partial charge is 0.191 e. The second kappa shape index (κ2) is 9.37. The van der Waals surface area contributed by atoms with Crippen molar-refractivity contribution in [3.05, 3.63) is 34.7 Å². The molecule has 6 nitrogen and oxygen atoms in total. The van der Waals surface area contributed by atoms with Crippen molar-refractivity contribution in [2.75, 3.05) is 33.2 Å². The molecule has 26 heavy (non-hydrogen) atoms. The molecule has 0 radical (unpaired) electrons. The van der Waals surface area contributed by atoms with Crippen molar-refractivity contribution in [3.8, 4) is 0 Å². The first-order valence-corrected chi connectivity index (χ1v) is 10.2. The van der Waals surface area contributed by atoms with Crippen LogP contribution in [-0.4, -0.2) is 53.5 Å². The Labute approximate surface area is 164 Å². The number of likely N-dealkylation sites (tertiary alicyclic amines) is 1. The molecular weight excluding hydrogens is 392 g/mol. The zero-order valence-corrected chi connectivity index (χ0v) is 17.3. The fourth-order valence-corrected chi connectivity index (χ4v) is 3.65. The monoisotopic (exact) mass is 420 g/mol. The average molecular weight is 421 g/mol. The maximum absolute atomic E-state index is 4.61. The van der Waals surface area contributed by atoms with Gasteiger partial charge in [-0.15, -0.1) is 0 Å². The zero-order valence-electron chi connectivity index (χ0n) is 15.7. The van der Waals surface area contributed by atoms with Gasteiger partial charge in [0.15, 0.2) is 5.96 Å². The molecule has 0 aromatic carbocycles. The van der Waals surface area contributed by atoms with Gasteiger partial charge in [0.2, 0.25) is 0 Å². The van der Waals surface area contributed by atoms with Gasteiger partial charge >= 0.3 is 0 Å². The minimum atomic E-state index is 0.656. The Morgan fingerprint density at radius 3 is 2.85 bits per heavy atom. The van der Waals surface area contributed by atoms with Gasteiger partial charge in [0.25, 0.3) is 0 Å². The molecule has 0 saturated carbocycles. The third-order valence-electron chi connectivity index (χ3n) is 4.95. The first-order valence-electron chi connectivity index (χ1n) is 9.44. The fraction of sp³-hybridized carbons (Fsp3) is 0.579. The molecule has 0 atom stereocenters. The molecule has 0 bridgehead atoms. The van der Waals surface area contributed by atoms with Gasteiger partial charge in [0.1, 0.15) is 5.65 Å². The number of hydrogen-bond donors (Lipinski definition) is 2. The first-order chi connectivity index (χ1) is 12.6. The number of fused-ring (bicyclic) bond motifs is 1.